The number of pyridine rings is 1. The van der Waals surface area contributed by atoms with Crippen LogP contribution in [0.3, 0.4) is 0 Å². The molecule has 0 radical (unpaired) electrons. The van der Waals surface area contributed by atoms with Gasteiger partial charge in [0.2, 0.25) is 0 Å². The Kier molecular flexibility index (Phi) is 4.96. The van der Waals surface area contributed by atoms with Crippen molar-refractivity contribution in [2.75, 3.05) is 24.1 Å². The molecule has 19 heavy (non-hydrogen) atoms. The number of rotatable bonds is 5. The second-order valence-electron chi connectivity index (χ2n) is 3.92. The molecule has 1 amide bonds. The molecule has 5 nitrogen and oxygen atoms in total. The molecule has 0 saturated heterocycles. The maximum Gasteiger partial charge on any atom is 0.471 e. The van der Waals surface area contributed by atoms with Crippen LogP contribution in [0.25, 0.3) is 0 Å². The van der Waals surface area contributed by atoms with E-state index in [4.69, 9.17) is 5.73 Å². The summed E-state index contributed by atoms with van der Waals surface area (Å²) in [6, 6.07) is 1.75. The van der Waals surface area contributed by atoms with E-state index in [1.807, 2.05) is 6.92 Å². The second-order valence-corrected chi connectivity index (χ2v) is 3.92. The van der Waals surface area contributed by atoms with E-state index in [0.717, 1.165) is 5.56 Å². The molecule has 1 heterocycles. The van der Waals surface area contributed by atoms with Crippen LogP contribution in [0.2, 0.25) is 0 Å². The number of aryl methyl sites for hydroxylation is 1. The summed E-state index contributed by atoms with van der Waals surface area (Å²) in [5.74, 6) is -1.44. The van der Waals surface area contributed by atoms with Crippen LogP contribution in [0.5, 0.6) is 0 Å². The lowest BCUT2D eigenvalue weighted by molar-refractivity contribution is -0.173. The first-order valence-electron chi connectivity index (χ1n) is 5.62. The Bertz CT molecular complexity index is 448. The van der Waals surface area contributed by atoms with Gasteiger partial charge in [-0.25, -0.2) is 4.98 Å². The zero-order chi connectivity index (χ0) is 14.5. The molecule has 0 aliphatic carbocycles. The maximum absolute atomic E-state index is 11.9. The molecule has 4 N–H and O–H groups in total. The lowest BCUT2D eigenvalue weighted by Crippen LogP contribution is -2.37. The normalized spacial score (nSPS) is 11.2. The van der Waals surface area contributed by atoms with Crippen molar-refractivity contribution in [3.63, 3.8) is 0 Å². The van der Waals surface area contributed by atoms with Crippen LogP contribution in [0, 0.1) is 6.92 Å². The van der Waals surface area contributed by atoms with Gasteiger partial charge < -0.3 is 16.4 Å². The van der Waals surface area contributed by atoms with E-state index in [1.165, 1.54) is 0 Å². The summed E-state index contributed by atoms with van der Waals surface area (Å²) in [6.07, 6.45) is -2.92. The summed E-state index contributed by atoms with van der Waals surface area (Å²) in [6.45, 7) is 2.11. The number of carbonyl (C=O) groups is 1. The molecule has 1 aromatic rings. The van der Waals surface area contributed by atoms with Crippen molar-refractivity contribution in [2.24, 2.45) is 0 Å². The van der Waals surface area contributed by atoms with Gasteiger partial charge in [-0.15, -0.1) is 0 Å². The molecule has 0 aliphatic heterocycles. The molecule has 8 heteroatoms. The Morgan fingerprint density at radius 3 is 2.74 bits per heavy atom. The number of nitrogens with zero attached hydrogens (tertiary/aromatic N) is 1. The third-order valence-electron chi connectivity index (χ3n) is 2.40. The number of nitrogens with two attached hydrogens (primary N) is 1. The zero-order valence-electron chi connectivity index (χ0n) is 10.3. The third-order valence-corrected chi connectivity index (χ3v) is 2.40. The molecule has 0 aliphatic rings. The Morgan fingerprint density at radius 2 is 2.11 bits per heavy atom. The lowest BCUT2D eigenvalue weighted by Gasteiger charge is -2.10. The molecule has 106 valence electrons. The smallest absolute Gasteiger partial charge is 0.396 e. The van der Waals surface area contributed by atoms with Crippen LogP contribution in [-0.4, -0.2) is 30.2 Å². The van der Waals surface area contributed by atoms with Crippen LogP contribution in [0.1, 0.15) is 12.0 Å². The highest BCUT2D eigenvalue weighted by atomic mass is 19.4. The SMILES string of the molecule is Cc1ccnc(NCCCNC(=O)C(F)(F)F)c1N. The average Bonchev–Trinajstić information content (AvgIpc) is 2.32. The number of halogens is 3. The Balaban J connectivity index is 2.29. The largest absolute Gasteiger partial charge is 0.471 e. The van der Waals surface area contributed by atoms with Crippen molar-refractivity contribution in [1.29, 1.82) is 0 Å². The van der Waals surface area contributed by atoms with E-state index in [-0.39, 0.29) is 6.54 Å². The highest BCUT2D eigenvalue weighted by Crippen LogP contribution is 2.18. The fourth-order valence-electron chi connectivity index (χ4n) is 1.31. The monoisotopic (exact) mass is 276 g/mol. The first-order chi connectivity index (χ1) is 8.82. The fourth-order valence-corrected chi connectivity index (χ4v) is 1.31. The molecule has 0 fully saturated rings. The van der Waals surface area contributed by atoms with E-state index in [2.05, 4.69) is 10.3 Å². The van der Waals surface area contributed by atoms with Crippen LogP contribution in [-0.2, 0) is 4.79 Å². The highest BCUT2D eigenvalue weighted by molar-refractivity contribution is 5.81. The minimum atomic E-state index is -4.84. The van der Waals surface area contributed by atoms with Gasteiger partial charge in [0.15, 0.2) is 0 Å². The van der Waals surface area contributed by atoms with E-state index in [1.54, 1.807) is 17.6 Å². The van der Waals surface area contributed by atoms with Gasteiger partial charge in [-0.3, -0.25) is 4.79 Å². The van der Waals surface area contributed by atoms with Crippen molar-refractivity contribution in [3.05, 3.63) is 17.8 Å². The summed E-state index contributed by atoms with van der Waals surface area (Å²) in [5, 5.41) is 4.68. The van der Waals surface area contributed by atoms with Gasteiger partial charge in [-0.1, -0.05) is 0 Å². The van der Waals surface area contributed by atoms with Crippen molar-refractivity contribution >= 4 is 17.4 Å². The second kappa shape index (κ2) is 6.26. The summed E-state index contributed by atoms with van der Waals surface area (Å²) in [5.41, 5.74) is 7.12. The van der Waals surface area contributed by atoms with E-state index in [9.17, 15) is 18.0 Å². The molecule has 0 aromatic carbocycles. The Labute approximate surface area is 108 Å². The number of alkyl halides is 3. The molecular formula is C11H15F3N4O. The average molecular weight is 276 g/mol. The number of nitrogen functional groups attached to an aromatic ring is 1. The summed E-state index contributed by atoms with van der Waals surface area (Å²) in [7, 11) is 0. The number of amides is 1. The molecule has 1 rings (SSSR count). The molecule has 0 unspecified atom stereocenters. The maximum atomic E-state index is 11.9. The minimum Gasteiger partial charge on any atom is -0.396 e. The van der Waals surface area contributed by atoms with Gasteiger partial charge in [-0.2, -0.15) is 13.2 Å². The number of hydrogen-bond acceptors (Lipinski definition) is 4. The van der Waals surface area contributed by atoms with Crippen LogP contribution >= 0.6 is 0 Å². The number of hydrogen-bond donors (Lipinski definition) is 3. The quantitative estimate of drug-likeness (QED) is 0.711. The first-order valence-corrected chi connectivity index (χ1v) is 5.62. The van der Waals surface area contributed by atoms with E-state index in [0.29, 0.717) is 24.5 Å². The summed E-state index contributed by atoms with van der Waals surface area (Å²) in [4.78, 5) is 14.5. The predicted molar refractivity (Wildman–Crippen MR) is 65.6 cm³/mol. The van der Waals surface area contributed by atoms with Crippen molar-refractivity contribution in [2.45, 2.75) is 19.5 Å². The standard InChI is InChI=1S/C11H15F3N4O/c1-7-3-6-17-9(8(7)15)16-4-2-5-18-10(19)11(12,13)14/h3,6H,2,4-5,15H2,1H3,(H,16,17)(H,18,19). The van der Waals surface area contributed by atoms with Crippen molar-refractivity contribution < 1.29 is 18.0 Å². The Hall–Kier alpha value is -1.99. The van der Waals surface area contributed by atoms with Crippen molar-refractivity contribution in [3.8, 4) is 0 Å². The number of anilines is 2. The van der Waals surface area contributed by atoms with Crippen LogP contribution in [0.4, 0.5) is 24.7 Å². The van der Waals surface area contributed by atoms with Gasteiger partial charge in [0.1, 0.15) is 5.82 Å². The lowest BCUT2D eigenvalue weighted by atomic mass is 10.2. The minimum absolute atomic E-state index is 0.0724. The number of aromatic nitrogens is 1. The van der Waals surface area contributed by atoms with Gasteiger partial charge in [-0.05, 0) is 25.0 Å². The topological polar surface area (TPSA) is 80.0 Å². The molecule has 0 bridgehead atoms. The molecule has 1 aromatic heterocycles. The molecule has 0 saturated carbocycles. The summed E-state index contributed by atoms with van der Waals surface area (Å²) >= 11 is 0. The van der Waals surface area contributed by atoms with Crippen molar-refractivity contribution in [1.82, 2.24) is 10.3 Å². The third kappa shape index (κ3) is 4.65. The number of nitrogens with one attached hydrogen (secondary N) is 2. The molecular weight excluding hydrogens is 261 g/mol. The zero-order valence-corrected chi connectivity index (χ0v) is 10.3. The highest BCUT2D eigenvalue weighted by Gasteiger charge is 2.38. The number of carbonyl (C=O) groups excluding carboxylic acids is 1. The van der Waals surface area contributed by atoms with Gasteiger partial charge in [0.25, 0.3) is 0 Å². The molecule has 0 spiro atoms. The van der Waals surface area contributed by atoms with Gasteiger partial charge in [0.05, 0.1) is 5.69 Å². The summed E-state index contributed by atoms with van der Waals surface area (Å²) < 4.78 is 35.6. The van der Waals surface area contributed by atoms with Gasteiger partial charge in [0, 0.05) is 19.3 Å². The van der Waals surface area contributed by atoms with Crippen LogP contribution in [0.15, 0.2) is 12.3 Å². The fraction of sp³-hybridized carbons (Fsp3) is 0.455. The predicted octanol–water partition coefficient (Wildman–Crippen LogP) is 1.45. The van der Waals surface area contributed by atoms with Gasteiger partial charge >= 0.3 is 12.1 Å². The van der Waals surface area contributed by atoms with Crippen LogP contribution < -0.4 is 16.4 Å². The molecule has 0 atom stereocenters. The Morgan fingerprint density at radius 1 is 1.42 bits per heavy atom. The van der Waals surface area contributed by atoms with E-state index < -0.39 is 12.1 Å². The first kappa shape index (κ1) is 15.1. The van der Waals surface area contributed by atoms with E-state index >= 15 is 0 Å².